The van der Waals surface area contributed by atoms with Gasteiger partial charge in [0.15, 0.2) is 0 Å². The monoisotopic (exact) mass is 249 g/mol. The number of phenols is 1. The molecule has 0 heterocycles. The van der Waals surface area contributed by atoms with Crippen LogP contribution in [-0.2, 0) is 11.2 Å². The van der Waals surface area contributed by atoms with E-state index in [1.54, 1.807) is 12.1 Å². The van der Waals surface area contributed by atoms with Gasteiger partial charge in [0.1, 0.15) is 5.75 Å². The standard InChI is InChI=1S/C15H23NO2/c1-2-3-4-5-12-16-15(18)11-8-13-6-9-14(17)10-7-13/h6-7,9-10,17H,2-5,8,11-12H2,1H3,(H,16,18). The number of nitrogens with one attached hydrogen (secondary N) is 1. The molecule has 1 aromatic carbocycles. The van der Waals surface area contributed by atoms with E-state index in [0.29, 0.717) is 6.42 Å². The first-order valence-corrected chi connectivity index (χ1v) is 6.77. The number of amides is 1. The molecule has 3 nitrogen and oxygen atoms in total. The van der Waals surface area contributed by atoms with Crippen LogP contribution in [0.15, 0.2) is 24.3 Å². The summed E-state index contributed by atoms with van der Waals surface area (Å²) >= 11 is 0. The summed E-state index contributed by atoms with van der Waals surface area (Å²) in [6.07, 6.45) is 5.95. The Hall–Kier alpha value is -1.51. The molecule has 0 fully saturated rings. The van der Waals surface area contributed by atoms with Gasteiger partial charge in [0.25, 0.3) is 0 Å². The Morgan fingerprint density at radius 2 is 1.89 bits per heavy atom. The molecule has 100 valence electrons. The van der Waals surface area contributed by atoms with Gasteiger partial charge >= 0.3 is 0 Å². The molecule has 0 unspecified atom stereocenters. The molecule has 0 saturated heterocycles. The zero-order valence-corrected chi connectivity index (χ0v) is 11.1. The average Bonchev–Trinajstić information content (AvgIpc) is 2.38. The molecule has 0 bridgehead atoms. The predicted molar refractivity (Wildman–Crippen MR) is 73.6 cm³/mol. The van der Waals surface area contributed by atoms with Gasteiger partial charge in [0.05, 0.1) is 0 Å². The van der Waals surface area contributed by atoms with E-state index >= 15 is 0 Å². The highest BCUT2D eigenvalue weighted by Gasteiger charge is 2.01. The molecule has 3 heteroatoms. The molecule has 1 rings (SSSR count). The van der Waals surface area contributed by atoms with Crippen LogP contribution in [0.4, 0.5) is 0 Å². The van der Waals surface area contributed by atoms with Crippen LogP contribution in [0.5, 0.6) is 5.75 Å². The lowest BCUT2D eigenvalue weighted by Crippen LogP contribution is -2.24. The number of aromatic hydroxyl groups is 1. The quantitative estimate of drug-likeness (QED) is 0.696. The Bertz CT molecular complexity index is 346. The van der Waals surface area contributed by atoms with Gasteiger partial charge in [-0.15, -0.1) is 0 Å². The van der Waals surface area contributed by atoms with E-state index in [2.05, 4.69) is 12.2 Å². The van der Waals surface area contributed by atoms with Crippen LogP contribution in [0.1, 0.15) is 44.6 Å². The molecule has 0 spiro atoms. The Morgan fingerprint density at radius 1 is 1.17 bits per heavy atom. The molecule has 2 N–H and O–H groups in total. The molecule has 0 saturated carbocycles. The summed E-state index contributed by atoms with van der Waals surface area (Å²) in [4.78, 5) is 11.6. The second kappa shape index (κ2) is 8.56. The van der Waals surface area contributed by atoms with Crippen LogP contribution in [-0.4, -0.2) is 17.6 Å². The second-order valence-corrected chi connectivity index (χ2v) is 4.58. The lowest BCUT2D eigenvalue weighted by atomic mass is 10.1. The minimum Gasteiger partial charge on any atom is -0.508 e. The molecule has 0 aromatic heterocycles. The Labute approximate surface area is 109 Å². The number of carbonyl (C=O) groups excluding carboxylic acids is 1. The Kier molecular flexibility index (Phi) is 6.92. The van der Waals surface area contributed by atoms with Crippen LogP contribution in [0.3, 0.4) is 0 Å². The minimum absolute atomic E-state index is 0.111. The third-order valence-corrected chi connectivity index (χ3v) is 2.93. The van der Waals surface area contributed by atoms with Gasteiger partial charge in [-0.1, -0.05) is 38.3 Å². The summed E-state index contributed by atoms with van der Waals surface area (Å²) in [5, 5.41) is 12.1. The van der Waals surface area contributed by atoms with Gasteiger partial charge < -0.3 is 10.4 Å². The van der Waals surface area contributed by atoms with Gasteiger partial charge in [-0.25, -0.2) is 0 Å². The zero-order chi connectivity index (χ0) is 13.2. The fourth-order valence-corrected chi connectivity index (χ4v) is 1.79. The van der Waals surface area contributed by atoms with Crippen molar-refractivity contribution in [2.24, 2.45) is 0 Å². The molecule has 18 heavy (non-hydrogen) atoms. The van der Waals surface area contributed by atoms with Crippen molar-refractivity contribution in [1.82, 2.24) is 5.32 Å². The first-order chi connectivity index (χ1) is 8.72. The molecule has 1 amide bonds. The minimum atomic E-state index is 0.111. The largest absolute Gasteiger partial charge is 0.508 e. The normalized spacial score (nSPS) is 10.3. The molecule has 0 atom stereocenters. The van der Waals surface area contributed by atoms with Crippen LogP contribution in [0.25, 0.3) is 0 Å². The zero-order valence-electron chi connectivity index (χ0n) is 11.1. The van der Waals surface area contributed by atoms with Crippen LogP contribution in [0, 0.1) is 0 Å². The third-order valence-electron chi connectivity index (χ3n) is 2.93. The summed E-state index contributed by atoms with van der Waals surface area (Å²) in [7, 11) is 0. The van der Waals surface area contributed by atoms with Crippen molar-refractivity contribution >= 4 is 5.91 Å². The molecule has 0 aliphatic carbocycles. The number of benzene rings is 1. The smallest absolute Gasteiger partial charge is 0.220 e. The fraction of sp³-hybridized carbons (Fsp3) is 0.533. The molecular formula is C15H23NO2. The van der Waals surface area contributed by atoms with Crippen molar-refractivity contribution < 1.29 is 9.90 Å². The van der Waals surface area contributed by atoms with E-state index in [9.17, 15) is 4.79 Å². The molecule has 0 aliphatic heterocycles. The highest BCUT2D eigenvalue weighted by atomic mass is 16.3. The number of rotatable bonds is 8. The fourth-order valence-electron chi connectivity index (χ4n) is 1.79. The summed E-state index contributed by atoms with van der Waals surface area (Å²) in [6.45, 7) is 2.96. The van der Waals surface area contributed by atoms with Crippen molar-refractivity contribution in [3.8, 4) is 5.75 Å². The van der Waals surface area contributed by atoms with Crippen molar-refractivity contribution in [2.75, 3.05) is 6.54 Å². The van der Waals surface area contributed by atoms with Crippen LogP contribution >= 0.6 is 0 Å². The van der Waals surface area contributed by atoms with Gasteiger partial charge in [-0.05, 0) is 30.5 Å². The van der Waals surface area contributed by atoms with Crippen LogP contribution < -0.4 is 5.32 Å². The maximum absolute atomic E-state index is 11.6. The van der Waals surface area contributed by atoms with Gasteiger partial charge in [-0.2, -0.15) is 0 Å². The van der Waals surface area contributed by atoms with Crippen molar-refractivity contribution in [3.05, 3.63) is 29.8 Å². The third kappa shape index (κ3) is 6.28. The average molecular weight is 249 g/mol. The topological polar surface area (TPSA) is 49.3 Å². The Balaban J connectivity index is 2.11. The Morgan fingerprint density at radius 3 is 2.56 bits per heavy atom. The lowest BCUT2D eigenvalue weighted by Gasteiger charge is -2.05. The van der Waals surface area contributed by atoms with Gasteiger partial charge in [-0.3, -0.25) is 4.79 Å². The van der Waals surface area contributed by atoms with Crippen molar-refractivity contribution in [3.63, 3.8) is 0 Å². The highest BCUT2D eigenvalue weighted by Crippen LogP contribution is 2.10. The van der Waals surface area contributed by atoms with Crippen LogP contribution in [0.2, 0.25) is 0 Å². The number of carbonyl (C=O) groups is 1. The summed E-state index contributed by atoms with van der Waals surface area (Å²) < 4.78 is 0. The van der Waals surface area contributed by atoms with Gasteiger partial charge in [0, 0.05) is 13.0 Å². The van der Waals surface area contributed by atoms with E-state index in [4.69, 9.17) is 5.11 Å². The summed E-state index contributed by atoms with van der Waals surface area (Å²) in [5.74, 6) is 0.374. The first-order valence-electron chi connectivity index (χ1n) is 6.77. The summed E-state index contributed by atoms with van der Waals surface area (Å²) in [5.41, 5.74) is 1.08. The van der Waals surface area contributed by atoms with E-state index in [1.165, 1.54) is 19.3 Å². The number of unbranched alkanes of at least 4 members (excludes halogenated alkanes) is 3. The summed E-state index contributed by atoms with van der Waals surface area (Å²) in [6, 6.07) is 7.00. The van der Waals surface area contributed by atoms with E-state index in [0.717, 1.165) is 24.9 Å². The van der Waals surface area contributed by atoms with Crippen molar-refractivity contribution in [1.29, 1.82) is 0 Å². The second-order valence-electron chi connectivity index (χ2n) is 4.58. The van der Waals surface area contributed by atoms with E-state index < -0.39 is 0 Å². The maximum atomic E-state index is 11.6. The first kappa shape index (κ1) is 14.6. The molecular weight excluding hydrogens is 226 g/mol. The number of hydrogen-bond acceptors (Lipinski definition) is 2. The molecule has 1 aromatic rings. The van der Waals surface area contributed by atoms with E-state index in [-0.39, 0.29) is 11.7 Å². The SMILES string of the molecule is CCCCCCNC(=O)CCc1ccc(O)cc1. The molecule has 0 radical (unpaired) electrons. The number of hydrogen-bond donors (Lipinski definition) is 2. The van der Waals surface area contributed by atoms with Gasteiger partial charge in [0.2, 0.25) is 5.91 Å². The predicted octanol–water partition coefficient (Wildman–Crippen LogP) is 3.02. The van der Waals surface area contributed by atoms with Crippen molar-refractivity contribution in [2.45, 2.75) is 45.4 Å². The highest BCUT2D eigenvalue weighted by molar-refractivity contribution is 5.76. The maximum Gasteiger partial charge on any atom is 0.220 e. The number of aryl methyl sites for hydroxylation is 1. The lowest BCUT2D eigenvalue weighted by molar-refractivity contribution is -0.121. The van der Waals surface area contributed by atoms with E-state index in [1.807, 2.05) is 12.1 Å². The number of phenolic OH excluding ortho intramolecular Hbond substituents is 1. The molecule has 0 aliphatic rings.